The fourth-order valence-corrected chi connectivity index (χ4v) is 6.03. The second kappa shape index (κ2) is 11.6. The number of carbonyl (C=O) groups excluding carboxylic acids is 1. The molecule has 3 aromatic rings. The molecule has 0 aliphatic carbocycles. The maximum Gasteiger partial charge on any atom is 0.358 e. The molecule has 0 radical (unpaired) electrons. The van der Waals surface area contributed by atoms with Gasteiger partial charge in [0.05, 0.1) is 19.0 Å². The molecule has 7 heteroatoms. The standard InChI is InChI=1S/C27H38N2O3SSi/c1-7-31-26(30)24-19-29(20-28-24)18-22(32-34(5,6)27(2,3)4)14-11-17-33-25-16-10-13-21-12-8-9-15-23(21)25/h8-10,12-13,15-16,19-20,22H,7,11,14,17-18H2,1-6H3. The third-order valence-electron chi connectivity index (χ3n) is 6.48. The van der Waals surface area contributed by atoms with E-state index in [0.717, 1.165) is 18.6 Å². The van der Waals surface area contributed by atoms with Crippen LogP contribution in [0.1, 0.15) is 51.0 Å². The molecule has 0 spiro atoms. The Hall–Kier alpha value is -2.09. The molecule has 2 aromatic carbocycles. The zero-order chi connectivity index (χ0) is 24.8. The van der Waals surface area contributed by atoms with Crippen molar-refractivity contribution in [3.63, 3.8) is 0 Å². The van der Waals surface area contributed by atoms with Crippen LogP contribution in [0, 0.1) is 0 Å². The average molecular weight is 499 g/mol. The summed E-state index contributed by atoms with van der Waals surface area (Å²) in [4.78, 5) is 17.6. The van der Waals surface area contributed by atoms with Gasteiger partial charge in [0, 0.05) is 17.6 Å². The Balaban J connectivity index is 1.65. The Bertz CT molecular complexity index is 1090. The highest BCUT2D eigenvalue weighted by Crippen LogP contribution is 2.38. The average Bonchev–Trinajstić information content (AvgIpc) is 3.24. The van der Waals surface area contributed by atoms with Gasteiger partial charge in [0.25, 0.3) is 0 Å². The van der Waals surface area contributed by atoms with Crippen LogP contribution in [-0.4, -0.2) is 42.3 Å². The smallest absolute Gasteiger partial charge is 0.358 e. The quantitative estimate of drug-likeness (QED) is 0.121. The fourth-order valence-electron chi connectivity index (χ4n) is 3.60. The van der Waals surface area contributed by atoms with Gasteiger partial charge >= 0.3 is 5.97 Å². The van der Waals surface area contributed by atoms with Crippen LogP contribution in [0.5, 0.6) is 0 Å². The molecular formula is C27H38N2O3SSi. The molecule has 34 heavy (non-hydrogen) atoms. The lowest BCUT2D eigenvalue weighted by Gasteiger charge is -2.39. The minimum atomic E-state index is -1.94. The predicted molar refractivity (Wildman–Crippen MR) is 144 cm³/mol. The number of fused-ring (bicyclic) bond motifs is 1. The van der Waals surface area contributed by atoms with Crippen LogP contribution in [0.3, 0.4) is 0 Å². The Morgan fingerprint density at radius 2 is 1.88 bits per heavy atom. The summed E-state index contributed by atoms with van der Waals surface area (Å²) in [5.74, 6) is 0.651. The molecule has 1 unspecified atom stereocenters. The lowest BCUT2D eigenvalue weighted by atomic mass is 10.1. The van der Waals surface area contributed by atoms with E-state index in [1.54, 1.807) is 19.4 Å². The third kappa shape index (κ3) is 6.96. The number of carbonyl (C=O) groups is 1. The molecule has 1 atom stereocenters. The highest BCUT2D eigenvalue weighted by Gasteiger charge is 2.39. The van der Waals surface area contributed by atoms with E-state index < -0.39 is 8.32 Å². The minimum absolute atomic E-state index is 0.0678. The number of aromatic nitrogens is 2. The Morgan fingerprint density at radius 3 is 2.62 bits per heavy atom. The number of thioether (sulfide) groups is 1. The monoisotopic (exact) mass is 498 g/mol. The van der Waals surface area contributed by atoms with Gasteiger partial charge in [-0.2, -0.15) is 0 Å². The Labute approximate surface area is 209 Å². The van der Waals surface area contributed by atoms with E-state index in [-0.39, 0.29) is 17.1 Å². The van der Waals surface area contributed by atoms with Gasteiger partial charge in [-0.3, -0.25) is 0 Å². The van der Waals surface area contributed by atoms with E-state index in [2.05, 4.69) is 81.3 Å². The van der Waals surface area contributed by atoms with Gasteiger partial charge < -0.3 is 13.7 Å². The van der Waals surface area contributed by atoms with E-state index >= 15 is 0 Å². The predicted octanol–water partition coefficient (Wildman–Crippen LogP) is 7.18. The van der Waals surface area contributed by atoms with Crippen LogP contribution in [0.15, 0.2) is 59.9 Å². The first-order valence-corrected chi connectivity index (χ1v) is 16.0. The summed E-state index contributed by atoms with van der Waals surface area (Å²) in [6.45, 7) is 14.2. The summed E-state index contributed by atoms with van der Waals surface area (Å²) in [5.41, 5.74) is 0.347. The fraction of sp³-hybridized carbons (Fsp3) is 0.481. The molecule has 0 aliphatic rings. The molecule has 3 rings (SSSR count). The van der Waals surface area contributed by atoms with Crippen molar-refractivity contribution in [2.24, 2.45) is 0 Å². The largest absolute Gasteiger partial charge is 0.461 e. The first kappa shape index (κ1) is 26.5. The molecule has 0 bridgehead atoms. The zero-order valence-electron chi connectivity index (χ0n) is 21.3. The van der Waals surface area contributed by atoms with Crippen LogP contribution in [0.2, 0.25) is 18.1 Å². The van der Waals surface area contributed by atoms with Gasteiger partial charge in [0.2, 0.25) is 0 Å². The van der Waals surface area contributed by atoms with E-state index in [1.165, 1.54) is 15.7 Å². The van der Waals surface area contributed by atoms with Crippen LogP contribution in [0.25, 0.3) is 10.8 Å². The van der Waals surface area contributed by atoms with Gasteiger partial charge in [-0.25, -0.2) is 9.78 Å². The van der Waals surface area contributed by atoms with Crippen molar-refractivity contribution in [1.29, 1.82) is 0 Å². The summed E-state index contributed by atoms with van der Waals surface area (Å²) < 4.78 is 13.9. The lowest BCUT2D eigenvalue weighted by molar-refractivity contribution is 0.0519. The van der Waals surface area contributed by atoms with Gasteiger partial charge in [-0.15, -0.1) is 11.8 Å². The first-order chi connectivity index (χ1) is 16.1. The summed E-state index contributed by atoms with van der Waals surface area (Å²) >= 11 is 1.91. The van der Waals surface area contributed by atoms with E-state index in [1.807, 2.05) is 16.3 Å². The van der Waals surface area contributed by atoms with Crippen LogP contribution in [-0.2, 0) is 15.7 Å². The number of hydrogen-bond donors (Lipinski definition) is 0. The second-order valence-corrected chi connectivity index (χ2v) is 16.0. The maximum atomic E-state index is 12.0. The van der Waals surface area contributed by atoms with Crippen LogP contribution >= 0.6 is 11.8 Å². The van der Waals surface area contributed by atoms with Crippen molar-refractivity contribution in [1.82, 2.24) is 9.55 Å². The summed E-state index contributed by atoms with van der Waals surface area (Å²) in [5, 5.41) is 2.73. The highest BCUT2D eigenvalue weighted by atomic mass is 32.2. The van der Waals surface area contributed by atoms with E-state index in [9.17, 15) is 4.79 Å². The Morgan fingerprint density at radius 1 is 1.15 bits per heavy atom. The van der Waals surface area contributed by atoms with Gasteiger partial charge in [0.15, 0.2) is 14.0 Å². The zero-order valence-corrected chi connectivity index (χ0v) is 23.2. The third-order valence-corrected chi connectivity index (χ3v) is 12.2. The molecular weight excluding hydrogens is 460 g/mol. The normalized spacial score (nSPS) is 13.2. The summed E-state index contributed by atoms with van der Waals surface area (Å²) in [7, 11) is -1.94. The van der Waals surface area contributed by atoms with Crippen molar-refractivity contribution < 1.29 is 14.0 Å². The number of ether oxygens (including phenoxy) is 1. The molecule has 0 saturated carbocycles. The molecule has 0 aliphatic heterocycles. The van der Waals surface area contributed by atoms with E-state index in [4.69, 9.17) is 9.16 Å². The Kier molecular flexibility index (Phi) is 9.01. The van der Waals surface area contributed by atoms with Gasteiger partial charge in [-0.05, 0) is 60.5 Å². The minimum Gasteiger partial charge on any atom is -0.461 e. The van der Waals surface area contributed by atoms with Crippen molar-refractivity contribution >= 4 is 36.8 Å². The topological polar surface area (TPSA) is 53.4 Å². The lowest BCUT2D eigenvalue weighted by Crippen LogP contribution is -2.45. The number of nitrogens with zero attached hydrogens (tertiary/aromatic N) is 2. The summed E-state index contributed by atoms with van der Waals surface area (Å²) in [6.07, 6.45) is 5.55. The van der Waals surface area contributed by atoms with Crippen molar-refractivity contribution in [2.45, 2.75) is 76.2 Å². The number of esters is 1. The molecule has 1 aromatic heterocycles. The molecule has 0 amide bonds. The first-order valence-electron chi connectivity index (χ1n) is 12.1. The highest BCUT2D eigenvalue weighted by molar-refractivity contribution is 7.99. The van der Waals surface area contributed by atoms with Gasteiger partial charge in [-0.1, -0.05) is 57.2 Å². The van der Waals surface area contributed by atoms with E-state index in [0.29, 0.717) is 18.8 Å². The van der Waals surface area contributed by atoms with Crippen molar-refractivity contribution in [3.05, 3.63) is 60.7 Å². The van der Waals surface area contributed by atoms with Crippen molar-refractivity contribution in [2.75, 3.05) is 12.4 Å². The van der Waals surface area contributed by atoms with Crippen LogP contribution < -0.4 is 0 Å². The molecule has 0 fully saturated rings. The number of benzene rings is 2. The molecule has 0 N–H and O–H groups in total. The van der Waals surface area contributed by atoms with Crippen LogP contribution in [0.4, 0.5) is 0 Å². The summed E-state index contributed by atoms with van der Waals surface area (Å²) in [6, 6.07) is 15.1. The number of rotatable bonds is 11. The molecule has 0 saturated heterocycles. The molecule has 184 valence electrons. The molecule has 1 heterocycles. The number of hydrogen-bond acceptors (Lipinski definition) is 5. The molecule has 5 nitrogen and oxygen atoms in total. The maximum absolute atomic E-state index is 12.0. The van der Waals surface area contributed by atoms with Crippen molar-refractivity contribution in [3.8, 4) is 0 Å². The number of imidazole rings is 1. The van der Waals surface area contributed by atoms with Gasteiger partial charge in [0.1, 0.15) is 0 Å². The second-order valence-electron chi connectivity index (χ2n) is 10.1. The SMILES string of the molecule is CCOC(=O)c1cn(CC(CCCSc2cccc3ccccc23)O[Si](C)(C)C(C)(C)C)cn1.